The lowest BCUT2D eigenvalue weighted by Gasteiger charge is -2.21. The summed E-state index contributed by atoms with van der Waals surface area (Å²) in [7, 11) is -4.33. The number of anilines is 1. The maximum atomic E-state index is 11.4. The standard InChI is InChI=1S/C8H14N3O6P/c1-5(17-4-18(14,15)16)7(12)11-3-2-6(9)10-8(11)13/h2-3,5,7,12H,4H2,1H3,(H2,9,10,13)(H2,14,15,16)/t5-,7?/m0/s1. The van der Waals surface area contributed by atoms with Crippen molar-refractivity contribution in [3.05, 3.63) is 22.7 Å². The largest absolute Gasteiger partial charge is 0.383 e. The molecule has 0 fully saturated rings. The monoisotopic (exact) mass is 279 g/mol. The number of hydrogen-bond donors (Lipinski definition) is 4. The molecule has 1 aromatic rings. The second-order valence-corrected chi connectivity index (χ2v) is 5.21. The van der Waals surface area contributed by atoms with Crippen molar-refractivity contribution in [1.82, 2.24) is 9.55 Å². The zero-order valence-corrected chi connectivity index (χ0v) is 10.4. The molecule has 9 nitrogen and oxygen atoms in total. The van der Waals surface area contributed by atoms with Gasteiger partial charge in [0.25, 0.3) is 0 Å². The van der Waals surface area contributed by atoms with Crippen LogP contribution >= 0.6 is 7.60 Å². The minimum atomic E-state index is -4.33. The molecular formula is C8H14N3O6P. The Labute approximate surface area is 102 Å². The minimum Gasteiger partial charge on any atom is -0.383 e. The second-order valence-electron chi connectivity index (χ2n) is 3.62. The van der Waals surface area contributed by atoms with Gasteiger partial charge in [0.1, 0.15) is 18.3 Å². The van der Waals surface area contributed by atoms with Crippen LogP contribution in [0.1, 0.15) is 13.2 Å². The Bertz CT molecular complexity index is 512. The zero-order chi connectivity index (χ0) is 13.9. The van der Waals surface area contributed by atoms with Gasteiger partial charge in [-0.2, -0.15) is 4.98 Å². The van der Waals surface area contributed by atoms with Crippen LogP contribution in [-0.4, -0.2) is 36.9 Å². The molecule has 1 rings (SSSR count). The summed E-state index contributed by atoms with van der Waals surface area (Å²) in [5.41, 5.74) is 4.50. The van der Waals surface area contributed by atoms with Gasteiger partial charge in [0.15, 0.2) is 6.23 Å². The van der Waals surface area contributed by atoms with E-state index < -0.39 is 32.0 Å². The summed E-state index contributed by atoms with van der Waals surface area (Å²) in [5, 5.41) is 9.76. The molecule has 0 saturated heterocycles. The molecule has 0 aliphatic carbocycles. The molecule has 0 aliphatic heterocycles. The van der Waals surface area contributed by atoms with Gasteiger partial charge in [0, 0.05) is 6.20 Å². The lowest BCUT2D eigenvalue weighted by Crippen LogP contribution is -2.33. The van der Waals surface area contributed by atoms with Gasteiger partial charge in [0.05, 0.1) is 0 Å². The van der Waals surface area contributed by atoms with Crippen molar-refractivity contribution in [2.24, 2.45) is 0 Å². The molecule has 5 N–H and O–H groups in total. The van der Waals surface area contributed by atoms with E-state index in [4.69, 9.17) is 20.3 Å². The third-order valence-corrected chi connectivity index (χ3v) is 2.55. The van der Waals surface area contributed by atoms with Crippen molar-refractivity contribution in [2.45, 2.75) is 19.3 Å². The molecule has 0 aliphatic rings. The van der Waals surface area contributed by atoms with Crippen molar-refractivity contribution in [3.8, 4) is 0 Å². The van der Waals surface area contributed by atoms with Crippen molar-refractivity contribution < 1.29 is 24.2 Å². The number of aliphatic hydroxyl groups excluding tert-OH is 1. The van der Waals surface area contributed by atoms with Gasteiger partial charge < -0.3 is 25.4 Å². The van der Waals surface area contributed by atoms with Crippen molar-refractivity contribution >= 4 is 13.4 Å². The molecular weight excluding hydrogens is 265 g/mol. The number of hydrogen-bond acceptors (Lipinski definition) is 6. The van der Waals surface area contributed by atoms with Gasteiger partial charge in [-0.15, -0.1) is 0 Å². The second kappa shape index (κ2) is 5.59. The number of nitrogens with two attached hydrogens (primary N) is 1. The smallest absolute Gasteiger partial charge is 0.351 e. The Kier molecular flexibility index (Phi) is 4.60. The number of aliphatic hydroxyl groups is 1. The summed E-state index contributed by atoms with van der Waals surface area (Å²) in [6, 6.07) is 1.31. The van der Waals surface area contributed by atoms with E-state index in [1.54, 1.807) is 0 Å². The Morgan fingerprint density at radius 3 is 2.72 bits per heavy atom. The molecule has 102 valence electrons. The van der Waals surface area contributed by atoms with Crippen LogP contribution in [-0.2, 0) is 9.30 Å². The van der Waals surface area contributed by atoms with Gasteiger partial charge in [-0.05, 0) is 13.0 Å². The fourth-order valence-electron chi connectivity index (χ4n) is 1.15. The topological polar surface area (TPSA) is 148 Å². The van der Waals surface area contributed by atoms with Crippen molar-refractivity contribution in [1.29, 1.82) is 0 Å². The molecule has 0 saturated carbocycles. The lowest BCUT2D eigenvalue weighted by atomic mass is 10.3. The maximum absolute atomic E-state index is 11.4. The molecule has 1 aromatic heterocycles. The molecule has 2 atom stereocenters. The predicted octanol–water partition coefficient (Wildman–Crippen LogP) is -1.14. The van der Waals surface area contributed by atoms with Crippen LogP contribution in [0.3, 0.4) is 0 Å². The molecule has 10 heteroatoms. The highest BCUT2D eigenvalue weighted by Gasteiger charge is 2.22. The van der Waals surface area contributed by atoms with Crippen LogP contribution in [0.25, 0.3) is 0 Å². The molecule has 1 unspecified atom stereocenters. The molecule has 0 bridgehead atoms. The number of nitrogen functional groups attached to an aromatic ring is 1. The number of nitrogens with zero attached hydrogens (tertiary/aromatic N) is 2. The van der Waals surface area contributed by atoms with Crippen LogP contribution in [0.5, 0.6) is 0 Å². The van der Waals surface area contributed by atoms with Crippen molar-refractivity contribution in [2.75, 3.05) is 12.1 Å². The zero-order valence-electron chi connectivity index (χ0n) is 9.50. The highest BCUT2D eigenvalue weighted by molar-refractivity contribution is 7.51. The Hall–Kier alpha value is -1.25. The number of ether oxygens (including phenoxy) is 1. The van der Waals surface area contributed by atoms with E-state index >= 15 is 0 Å². The van der Waals surface area contributed by atoms with Gasteiger partial charge in [-0.1, -0.05) is 0 Å². The fourth-order valence-corrected chi connectivity index (χ4v) is 1.58. The summed E-state index contributed by atoms with van der Waals surface area (Å²) in [4.78, 5) is 32.0. The first-order chi connectivity index (χ1) is 8.20. The highest BCUT2D eigenvalue weighted by atomic mass is 31.2. The van der Waals surface area contributed by atoms with E-state index in [1.165, 1.54) is 19.2 Å². The van der Waals surface area contributed by atoms with E-state index in [2.05, 4.69) is 4.98 Å². The molecule has 0 aromatic carbocycles. The van der Waals surface area contributed by atoms with Crippen LogP contribution in [0.4, 0.5) is 5.82 Å². The lowest BCUT2D eigenvalue weighted by molar-refractivity contribution is -0.0540. The van der Waals surface area contributed by atoms with Crippen molar-refractivity contribution in [3.63, 3.8) is 0 Å². The summed E-state index contributed by atoms with van der Waals surface area (Å²) in [5.74, 6) is 0.00670. The Morgan fingerprint density at radius 1 is 1.61 bits per heavy atom. The van der Waals surface area contributed by atoms with Crippen LogP contribution in [0, 0.1) is 0 Å². The highest BCUT2D eigenvalue weighted by Crippen LogP contribution is 2.34. The van der Waals surface area contributed by atoms with Gasteiger partial charge in [-0.3, -0.25) is 9.13 Å². The normalized spacial score (nSPS) is 15.3. The minimum absolute atomic E-state index is 0.00670. The third-order valence-electron chi connectivity index (χ3n) is 2.06. The van der Waals surface area contributed by atoms with Crippen LogP contribution in [0.2, 0.25) is 0 Å². The number of aromatic nitrogens is 2. The molecule has 0 radical (unpaired) electrons. The summed E-state index contributed by atoms with van der Waals surface area (Å²) >= 11 is 0. The third kappa shape index (κ3) is 4.21. The fraction of sp³-hybridized carbons (Fsp3) is 0.500. The quantitative estimate of drug-likeness (QED) is 0.494. The average molecular weight is 279 g/mol. The first kappa shape index (κ1) is 14.8. The molecule has 18 heavy (non-hydrogen) atoms. The van der Waals surface area contributed by atoms with Gasteiger partial charge >= 0.3 is 13.3 Å². The predicted molar refractivity (Wildman–Crippen MR) is 61.6 cm³/mol. The van der Waals surface area contributed by atoms with Gasteiger partial charge in [0.2, 0.25) is 0 Å². The molecule has 1 heterocycles. The SMILES string of the molecule is C[C@H](OCP(=O)(O)O)C(O)n1ccc(N)nc1=O. The Balaban J connectivity index is 2.77. The summed E-state index contributed by atoms with van der Waals surface area (Å²) in [6.07, 6.45) is -2.05. The number of rotatable bonds is 5. The molecule has 0 amide bonds. The van der Waals surface area contributed by atoms with Gasteiger partial charge in [-0.25, -0.2) is 4.79 Å². The van der Waals surface area contributed by atoms with E-state index in [-0.39, 0.29) is 5.82 Å². The first-order valence-corrected chi connectivity index (χ1v) is 6.69. The summed E-state index contributed by atoms with van der Waals surface area (Å²) in [6.45, 7) is 1.36. The summed E-state index contributed by atoms with van der Waals surface area (Å²) < 4.78 is 16.2. The van der Waals surface area contributed by atoms with E-state index in [1.807, 2.05) is 0 Å². The average Bonchev–Trinajstić information content (AvgIpc) is 2.24. The van der Waals surface area contributed by atoms with E-state index in [9.17, 15) is 14.5 Å². The van der Waals surface area contributed by atoms with E-state index in [0.29, 0.717) is 0 Å². The van der Waals surface area contributed by atoms with Crippen LogP contribution in [0.15, 0.2) is 17.1 Å². The Morgan fingerprint density at radius 2 is 2.22 bits per heavy atom. The maximum Gasteiger partial charge on any atom is 0.351 e. The van der Waals surface area contributed by atoms with Crippen LogP contribution < -0.4 is 11.4 Å². The van der Waals surface area contributed by atoms with E-state index in [0.717, 1.165) is 4.57 Å². The first-order valence-electron chi connectivity index (χ1n) is 4.89. The molecule has 0 spiro atoms.